The predicted octanol–water partition coefficient (Wildman–Crippen LogP) is 1.12. The molecule has 17 heavy (non-hydrogen) atoms. The Kier molecular flexibility index (Phi) is 4.51. The minimum Gasteiger partial charge on any atom is -0.481 e. The Morgan fingerprint density at radius 1 is 1.29 bits per heavy atom. The Hall–Kier alpha value is -1.10. The molecule has 1 aliphatic rings. The first-order valence-corrected chi connectivity index (χ1v) is 5.95. The molecule has 0 unspecified atom stereocenters. The van der Waals surface area contributed by atoms with Crippen LogP contribution in [0.5, 0.6) is 0 Å². The van der Waals surface area contributed by atoms with Gasteiger partial charge in [-0.3, -0.25) is 14.5 Å². The van der Waals surface area contributed by atoms with Crippen molar-refractivity contribution in [1.82, 2.24) is 4.90 Å². The maximum atomic E-state index is 11.6. The van der Waals surface area contributed by atoms with E-state index in [1.54, 1.807) is 0 Å². The van der Waals surface area contributed by atoms with Gasteiger partial charge in [0.25, 0.3) is 0 Å². The topological polar surface area (TPSA) is 66.8 Å². The van der Waals surface area contributed by atoms with E-state index in [1.807, 2.05) is 25.7 Å². The second-order valence-corrected chi connectivity index (χ2v) is 5.48. The lowest BCUT2D eigenvalue weighted by Crippen LogP contribution is -2.41. The molecule has 1 fully saturated rings. The van der Waals surface area contributed by atoms with Crippen molar-refractivity contribution in [2.75, 3.05) is 19.6 Å². The third kappa shape index (κ3) is 5.17. The van der Waals surface area contributed by atoms with E-state index in [1.165, 1.54) is 0 Å². The molecular weight excluding hydrogens is 222 g/mol. The summed E-state index contributed by atoms with van der Waals surface area (Å²) in [5, 5.41) is 8.85. The van der Waals surface area contributed by atoms with E-state index in [9.17, 15) is 9.59 Å². The number of aliphatic carboxylic acids is 1. The summed E-state index contributed by atoms with van der Waals surface area (Å²) in [6.07, 6.45) is 1.22. The summed E-state index contributed by atoms with van der Waals surface area (Å²) < 4.78 is 5.22. The molecule has 5 nitrogen and oxygen atoms in total. The molecule has 0 radical (unpaired) electrons. The molecule has 1 heterocycles. The van der Waals surface area contributed by atoms with Crippen molar-refractivity contribution in [1.29, 1.82) is 0 Å². The number of piperidine rings is 1. The van der Waals surface area contributed by atoms with E-state index in [-0.39, 0.29) is 18.4 Å². The van der Waals surface area contributed by atoms with Gasteiger partial charge in [-0.1, -0.05) is 0 Å². The molecular formula is C12H21NO4. The van der Waals surface area contributed by atoms with Crippen LogP contribution in [0.1, 0.15) is 33.6 Å². The molecule has 0 spiro atoms. The highest BCUT2D eigenvalue weighted by molar-refractivity contribution is 5.72. The molecule has 0 saturated carbocycles. The summed E-state index contributed by atoms with van der Waals surface area (Å²) >= 11 is 0. The first kappa shape index (κ1) is 14.0. The lowest BCUT2D eigenvalue weighted by Gasteiger charge is -2.30. The largest absolute Gasteiger partial charge is 0.481 e. The zero-order valence-electron chi connectivity index (χ0n) is 10.7. The van der Waals surface area contributed by atoms with Crippen LogP contribution in [0.3, 0.4) is 0 Å². The quantitative estimate of drug-likeness (QED) is 0.752. The lowest BCUT2D eigenvalue weighted by molar-refractivity contribution is -0.156. The summed E-state index contributed by atoms with van der Waals surface area (Å²) in [7, 11) is 0. The number of rotatable bonds is 3. The molecule has 0 aromatic heterocycles. The van der Waals surface area contributed by atoms with Gasteiger partial charge in [0, 0.05) is 0 Å². The van der Waals surface area contributed by atoms with Crippen molar-refractivity contribution in [3.63, 3.8) is 0 Å². The zero-order chi connectivity index (χ0) is 13.1. The molecule has 0 aromatic carbocycles. The van der Waals surface area contributed by atoms with Gasteiger partial charge in [-0.05, 0) is 46.7 Å². The van der Waals surface area contributed by atoms with Gasteiger partial charge in [-0.25, -0.2) is 0 Å². The third-order valence-corrected chi connectivity index (χ3v) is 2.71. The van der Waals surface area contributed by atoms with Crippen LogP contribution in [-0.2, 0) is 14.3 Å². The molecule has 98 valence electrons. The fourth-order valence-corrected chi connectivity index (χ4v) is 1.89. The van der Waals surface area contributed by atoms with Crippen LogP contribution in [0.2, 0.25) is 0 Å². The first-order chi connectivity index (χ1) is 7.78. The maximum absolute atomic E-state index is 11.6. The Bertz CT molecular complexity index is 287. The zero-order valence-corrected chi connectivity index (χ0v) is 10.7. The van der Waals surface area contributed by atoms with Crippen LogP contribution >= 0.6 is 0 Å². The number of ether oxygens (including phenoxy) is 1. The van der Waals surface area contributed by atoms with Gasteiger partial charge in [0.15, 0.2) is 0 Å². The van der Waals surface area contributed by atoms with Crippen molar-refractivity contribution in [2.45, 2.75) is 39.2 Å². The number of esters is 1. The van der Waals surface area contributed by atoms with Crippen molar-refractivity contribution in [3.8, 4) is 0 Å². The summed E-state index contributed by atoms with van der Waals surface area (Å²) in [5.41, 5.74) is -0.462. The van der Waals surface area contributed by atoms with E-state index in [0.29, 0.717) is 25.9 Å². The van der Waals surface area contributed by atoms with Gasteiger partial charge < -0.3 is 9.84 Å². The normalized spacial score (nSPS) is 19.0. The molecule has 0 amide bonds. The number of carbonyl (C=O) groups excluding carboxylic acids is 1. The number of hydrogen-bond acceptors (Lipinski definition) is 4. The number of carboxylic acid groups (broad SMARTS) is 1. The second-order valence-electron chi connectivity index (χ2n) is 5.48. The monoisotopic (exact) mass is 243 g/mol. The molecule has 1 saturated heterocycles. The highest BCUT2D eigenvalue weighted by Crippen LogP contribution is 2.17. The molecule has 0 aliphatic carbocycles. The Balaban J connectivity index is 2.31. The molecule has 1 rings (SSSR count). The molecule has 1 N–H and O–H groups in total. The van der Waals surface area contributed by atoms with Crippen LogP contribution in [0.4, 0.5) is 0 Å². The second kappa shape index (κ2) is 5.49. The minimum absolute atomic E-state index is 0.244. The van der Waals surface area contributed by atoms with E-state index in [2.05, 4.69) is 0 Å². The van der Waals surface area contributed by atoms with E-state index < -0.39 is 11.6 Å². The number of hydrogen-bond donors (Lipinski definition) is 1. The van der Waals surface area contributed by atoms with Gasteiger partial charge in [0.2, 0.25) is 0 Å². The summed E-state index contributed by atoms with van der Waals surface area (Å²) in [5.74, 6) is -1.24. The summed E-state index contributed by atoms with van der Waals surface area (Å²) in [6.45, 7) is 7.06. The fourth-order valence-electron chi connectivity index (χ4n) is 1.89. The highest BCUT2D eigenvalue weighted by Gasteiger charge is 2.26. The minimum atomic E-state index is -0.734. The Morgan fingerprint density at radius 2 is 1.82 bits per heavy atom. The fraction of sp³-hybridized carbons (Fsp3) is 0.833. The van der Waals surface area contributed by atoms with E-state index in [0.717, 1.165) is 0 Å². The van der Waals surface area contributed by atoms with Gasteiger partial charge in [0.05, 0.1) is 12.5 Å². The van der Waals surface area contributed by atoms with Crippen LogP contribution in [-0.4, -0.2) is 47.2 Å². The molecule has 5 heteroatoms. The molecule has 0 bridgehead atoms. The number of likely N-dealkylation sites (tertiary alicyclic amines) is 1. The van der Waals surface area contributed by atoms with Crippen LogP contribution in [0.15, 0.2) is 0 Å². The van der Waals surface area contributed by atoms with Gasteiger partial charge in [0.1, 0.15) is 5.60 Å². The number of carbonyl (C=O) groups is 2. The summed E-state index contributed by atoms with van der Waals surface area (Å²) in [6, 6.07) is 0. The maximum Gasteiger partial charge on any atom is 0.320 e. The average molecular weight is 243 g/mol. The van der Waals surface area contributed by atoms with Crippen LogP contribution < -0.4 is 0 Å². The third-order valence-electron chi connectivity index (χ3n) is 2.71. The molecule has 1 aliphatic heterocycles. The lowest BCUT2D eigenvalue weighted by atomic mass is 9.97. The number of nitrogens with zero attached hydrogens (tertiary/aromatic N) is 1. The van der Waals surface area contributed by atoms with Gasteiger partial charge in [-0.2, -0.15) is 0 Å². The van der Waals surface area contributed by atoms with Crippen LogP contribution in [0, 0.1) is 5.92 Å². The standard InChI is InChI=1S/C12H21NO4/c1-12(2,3)17-10(14)8-13-6-4-9(5-7-13)11(15)16/h9H,4-8H2,1-3H3,(H,15,16). The highest BCUT2D eigenvalue weighted by atomic mass is 16.6. The Morgan fingerprint density at radius 3 is 2.24 bits per heavy atom. The van der Waals surface area contributed by atoms with Crippen molar-refractivity contribution < 1.29 is 19.4 Å². The number of carboxylic acids is 1. The van der Waals surface area contributed by atoms with E-state index >= 15 is 0 Å². The van der Waals surface area contributed by atoms with Crippen molar-refractivity contribution >= 4 is 11.9 Å². The molecule has 0 aromatic rings. The smallest absolute Gasteiger partial charge is 0.320 e. The van der Waals surface area contributed by atoms with Gasteiger partial charge >= 0.3 is 11.9 Å². The van der Waals surface area contributed by atoms with Crippen molar-refractivity contribution in [2.24, 2.45) is 5.92 Å². The van der Waals surface area contributed by atoms with E-state index in [4.69, 9.17) is 9.84 Å². The van der Waals surface area contributed by atoms with Crippen molar-refractivity contribution in [3.05, 3.63) is 0 Å². The first-order valence-electron chi connectivity index (χ1n) is 5.95. The SMILES string of the molecule is CC(C)(C)OC(=O)CN1CCC(C(=O)O)CC1. The summed E-state index contributed by atoms with van der Waals surface area (Å²) in [4.78, 5) is 24.3. The molecule has 0 atom stereocenters. The predicted molar refractivity (Wildman–Crippen MR) is 62.6 cm³/mol. The van der Waals surface area contributed by atoms with Crippen LogP contribution in [0.25, 0.3) is 0 Å². The Labute approximate surface area is 102 Å². The average Bonchev–Trinajstić information content (AvgIpc) is 2.15. The van der Waals surface area contributed by atoms with Gasteiger partial charge in [-0.15, -0.1) is 0 Å².